The van der Waals surface area contributed by atoms with Crippen LogP contribution in [0.3, 0.4) is 0 Å². The molecule has 0 unspecified atom stereocenters. The number of halogens is 1. The van der Waals surface area contributed by atoms with Gasteiger partial charge in [0.05, 0.1) is 27.2 Å². The highest BCUT2D eigenvalue weighted by molar-refractivity contribution is 5.92. The fourth-order valence-electron chi connectivity index (χ4n) is 2.14. The molecule has 0 radical (unpaired) electrons. The standard InChI is InChI=1S/C18H20FNO4/c1-12-10-16(22-2)17(23-3)11-14(12)20-18(21)8-9-24-15-7-5-4-6-13(15)19/h4-7,10-11H,8-9H2,1-3H3,(H,20,21). The van der Waals surface area contributed by atoms with Crippen molar-refractivity contribution in [1.82, 2.24) is 0 Å². The van der Waals surface area contributed by atoms with Crippen molar-refractivity contribution in [2.45, 2.75) is 13.3 Å². The van der Waals surface area contributed by atoms with E-state index in [0.717, 1.165) is 5.56 Å². The summed E-state index contributed by atoms with van der Waals surface area (Å²) < 4.78 is 29.1. The fraction of sp³-hybridized carbons (Fsp3) is 0.278. The molecule has 0 spiro atoms. The highest BCUT2D eigenvalue weighted by Gasteiger charge is 2.11. The molecule has 0 saturated carbocycles. The minimum Gasteiger partial charge on any atom is -0.493 e. The smallest absolute Gasteiger partial charge is 0.227 e. The third-order valence-corrected chi connectivity index (χ3v) is 3.43. The van der Waals surface area contributed by atoms with E-state index in [2.05, 4.69) is 5.32 Å². The summed E-state index contributed by atoms with van der Waals surface area (Å²) in [6.45, 7) is 1.94. The Morgan fingerprint density at radius 2 is 1.75 bits per heavy atom. The molecular weight excluding hydrogens is 313 g/mol. The number of anilines is 1. The van der Waals surface area contributed by atoms with Gasteiger partial charge in [0.15, 0.2) is 23.1 Å². The number of hydrogen-bond donors (Lipinski definition) is 1. The van der Waals surface area contributed by atoms with Gasteiger partial charge < -0.3 is 19.5 Å². The number of carbonyl (C=O) groups is 1. The van der Waals surface area contributed by atoms with Crippen LogP contribution < -0.4 is 19.5 Å². The van der Waals surface area contributed by atoms with Crippen LogP contribution in [0.25, 0.3) is 0 Å². The van der Waals surface area contributed by atoms with Gasteiger partial charge in [-0.2, -0.15) is 0 Å². The molecule has 2 aromatic carbocycles. The van der Waals surface area contributed by atoms with Crippen LogP contribution in [0.2, 0.25) is 0 Å². The number of rotatable bonds is 7. The van der Waals surface area contributed by atoms with Crippen LogP contribution in [0.4, 0.5) is 10.1 Å². The zero-order chi connectivity index (χ0) is 17.5. The predicted molar refractivity (Wildman–Crippen MR) is 89.4 cm³/mol. The third kappa shape index (κ3) is 4.38. The van der Waals surface area contributed by atoms with E-state index in [1.807, 2.05) is 6.92 Å². The van der Waals surface area contributed by atoms with Gasteiger partial charge >= 0.3 is 0 Å². The second-order valence-electron chi connectivity index (χ2n) is 5.10. The van der Waals surface area contributed by atoms with E-state index in [4.69, 9.17) is 14.2 Å². The molecule has 0 saturated heterocycles. The van der Waals surface area contributed by atoms with Gasteiger partial charge in [-0.25, -0.2) is 4.39 Å². The highest BCUT2D eigenvalue weighted by atomic mass is 19.1. The second-order valence-corrected chi connectivity index (χ2v) is 5.10. The first-order valence-corrected chi connectivity index (χ1v) is 7.45. The van der Waals surface area contributed by atoms with Crippen LogP contribution in [0.1, 0.15) is 12.0 Å². The van der Waals surface area contributed by atoms with E-state index >= 15 is 0 Å². The number of benzene rings is 2. The molecule has 6 heteroatoms. The van der Waals surface area contributed by atoms with Gasteiger partial charge in [0, 0.05) is 11.8 Å². The molecule has 2 rings (SSSR count). The van der Waals surface area contributed by atoms with Crippen molar-refractivity contribution in [2.75, 3.05) is 26.1 Å². The number of amides is 1. The topological polar surface area (TPSA) is 56.8 Å². The summed E-state index contributed by atoms with van der Waals surface area (Å²) in [5.41, 5.74) is 1.47. The van der Waals surface area contributed by atoms with Crippen molar-refractivity contribution in [3.05, 3.63) is 47.8 Å². The van der Waals surface area contributed by atoms with Gasteiger partial charge in [0.2, 0.25) is 5.91 Å². The minimum absolute atomic E-state index is 0.0824. The van der Waals surface area contributed by atoms with Crippen molar-refractivity contribution < 1.29 is 23.4 Å². The van der Waals surface area contributed by atoms with E-state index in [1.54, 1.807) is 31.4 Å². The van der Waals surface area contributed by atoms with Gasteiger partial charge in [0.1, 0.15) is 0 Å². The Hall–Kier alpha value is -2.76. The Bertz CT molecular complexity index is 718. The zero-order valence-electron chi connectivity index (χ0n) is 13.9. The fourth-order valence-corrected chi connectivity index (χ4v) is 2.14. The van der Waals surface area contributed by atoms with Gasteiger partial charge in [0.25, 0.3) is 0 Å². The molecule has 0 aromatic heterocycles. The molecule has 2 aromatic rings. The minimum atomic E-state index is -0.450. The lowest BCUT2D eigenvalue weighted by Crippen LogP contribution is -2.16. The summed E-state index contributed by atoms with van der Waals surface area (Å²) in [5.74, 6) is 0.569. The van der Waals surface area contributed by atoms with Crippen molar-refractivity contribution in [3.63, 3.8) is 0 Å². The number of para-hydroxylation sites is 1. The van der Waals surface area contributed by atoms with E-state index in [0.29, 0.717) is 17.2 Å². The molecule has 24 heavy (non-hydrogen) atoms. The lowest BCUT2D eigenvalue weighted by Gasteiger charge is -2.14. The summed E-state index contributed by atoms with van der Waals surface area (Å²) in [5, 5.41) is 2.79. The molecule has 0 aliphatic heterocycles. The summed E-state index contributed by atoms with van der Waals surface area (Å²) in [6, 6.07) is 9.56. The average molecular weight is 333 g/mol. The lowest BCUT2D eigenvalue weighted by atomic mass is 10.1. The van der Waals surface area contributed by atoms with Crippen LogP contribution in [0.15, 0.2) is 36.4 Å². The molecule has 1 N–H and O–H groups in total. The average Bonchev–Trinajstić information content (AvgIpc) is 2.58. The molecular formula is C18H20FNO4. The van der Waals surface area contributed by atoms with Crippen molar-refractivity contribution >= 4 is 11.6 Å². The Labute approximate surface area is 140 Å². The number of ether oxygens (including phenoxy) is 3. The summed E-state index contributed by atoms with van der Waals surface area (Å²) in [6.07, 6.45) is 0.0993. The Kier molecular flexibility index (Phi) is 6.01. The third-order valence-electron chi connectivity index (χ3n) is 3.43. The maximum absolute atomic E-state index is 13.4. The maximum atomic E-state index is 13.4. The number of nitrogens with one attached hydrogen (secondary N) is 1. The largest absolute Gasteiger partial charge is 0.493 e. The van der Waals surface area contributed by atoms with Crippen LogP contribution in [0.5, 0.6) is 17.2 Å². The number of aryl methyl sites for hydroxylation is 1. The lowest BCUT2D eigenvalue weighted by molar-refractivity contribution is -0.116. The van der Waals surface area contributed by atoms with Crippen molar-refractivity contribution in [1.29, 1.82) is 0 Å². The van der Waals surface area contributed by atoms with Crippen molar-refractivity contribution in [3.8, 4) is 17.2 Å². The number of hydrogen-bond acceptors (Lipinski definition) is 4. The molecule has 5 nitrogen and oxygen atoms in total. The second kappa shape index (κ2) is 8.19. The molecule has 128 valence electrons. The first kappa shape index (κ1) is 17.6. The molecule has 0 aliphatic rings. The van der Waals surface area contributed by atoms with Gasteiger partial charge in [-0.1, -0.05) is 12.1 Å². The molecule has 0 heterocycles. The van der Waals surface area contributed by atoms with Crippen LogP contribution in [-0.4, -0.2) is 26.7 Å². The monoisotopic (exact) mass is 333 g/mol. The molecule has 0 atom stereocenters. The van der Waals surface area contributed by atoms with Crippen LogP contribution in [-0.2, 0) is 4.79 Å². The summed E-state index contributed by atoms with van der Waals surface area (Å²) >= 11 is 0. The Morgan fingerprint density at radius 1 is 1.08 bits per heavy atom. The van der Waals surface area contributed by atoms with Crippen LogP contribution in [0, 0.1) is 12.7 Å². The number of methoxy groups -OCH3 is 2. The summed E-state index contributed by atoms with van der Waals surface area (Å²) in [4.78, 5) is 12.0. The Balaban J connectivity index is 1.94. The quantitative estimate of drug-likeness (QED) is 0.842. The van der Waals surface area contributed by atoms with E-state index < -0.39 is 5.82 Å². The van der Waals surface area contributed by atoms with Crippen LogP contribution >= 0.6 is 0 Å². The maximum Gasteiger partial charge on any atom is 0.227 e. The molecule has 1 amide bonds. The highest BCUT2D eigenvalue weighted by Crippen LogP contribution is 2.32. The first-order chi connectivity index (χ1) is 11.5. The molecule has 0 fully saturated rings. The molecule has 0 aliphatic carbocycles. The van der Waals surface area contributed by atoms with Crippen molar-refractivity contribution in [2.24, 2.45) is 0 Å². The van der Waals surface area contributed by atoms with Gasteiger partial charge in [-0.15, -0.1) is 0 Å². The Morgan fingerprint density at radius 3 is 2.42 bits per heavy atom. The normalized spacial score (nSPS) is 10.2. The first-order valence-electron chi connectivity index (χ1n) is 7.45. The van der Waals surface area contributed by atoms with E-state index in [-0.39, 0.29) is 24.7 Å². The van der Waals surface area contributed by atoms with Gasteiger partial charge in [-0.05, 0) is 30.7 Å². The summed E-state index contributed by atoms with van der Waals surface area (Å²) in [7, 11) is 3.08. The van der Waals surface area contributed by atoms with Gasteiger partial charge in [-0.3, -0.25) is 4.79 Å². The molecule has 0 bridgehead atoms. The number of carbonyl (C=O) groups excluding carboxylic acids is 1. The van der Waals surface area contributed by atoms with E-state index in [1.165, 1.54) is 19.2 Å². The zero-order valence-corrected chi connectivity index (χ0v) is 13.9. The SMILES string of the molecule is COc1cc(C)c(NC(=O)CCOc2ccccc2F)cc1OC. The predicted octanol–water partition coefficient (Wildman–Crippen LogP) is 3.56. The van der Waals surface area contributed by atoms with E-state index in [9.17, 15) is 9.18 Å².